The molecule has 1 N–H and O–H groups in total. The van der Waals surface area contributed by atoms with Gasteiger partial charge in [-0.1, -0.05) is 30.7 Å². The first-order valence-electron chi connectivity index (χ1n) is 7.25. The third-order valence-electron chi connectivity index (χ3n) is 3.40. The summed E-state index contributed by atoms with van der Waals surface area (Å²) in [7, 11) is -3.49. The van der Waals surface area contributed by atoms with E-state index in [1.165, 1.54) is 34.8 Å². The normalized spacial score (nSPS) is 11.4. The highest BCUT2D eigenvalue weighted by Crippen LogP contribution is 2.33. The number of halogens is 1. The Balaban J connectivity index is 1.86. The highest BCUT2D eigenvalue weighted by molar-refractivity contribution is 7.91. The van der Waals surface area contributed by atoms with E-state index in [1.54, 1.807) is 25.1 Å². The van der Waals surface area contributed by atoms with Crippen molar-refractivity contribution >= 4 is 55.2 Å². The molecule has 0 aliphatic rings. The van der Waals surface area contributed by atoms with Crippen molar-refractivity contribution in [2.75, 3.05) is 11.1 Å². The standard InChI is InChI=1S/C16H13ClN2O3S3/c1-2-25(21,22)13-6-4-3-5-10(13)15(20)19-16-18-11(9-23-16)12-7-8-14(17)24-12/h3-9H,2H2,1H3,(H,18,19,20). The molecule has 0 aliphatic carbocycles. The predicted molar refractivity (Wildman–Crippen MR) is 103 cm³/mol. The fraction of sp³-hybridized carbons (Fsp3) is 0.125. The Morgan fingerprint density at radius 2 is 2.00 bits per heavy atom. The van der Waals surface area contributed by atoms with Gasteiger partial charge in [0.05, 0.1) is 31.1 Å². The molecule has 0 radical (unpaired) electrons. The van der Waals surface area contributed by atoms with E-state index in [4.69, 9.17) is 11.6 Å². The van der Waals surface area contributed by atoms with Crippen molar-refractivity contribution in [1.82, 2.24) is 4.98 Å². The van der Waals surface area contributed by atoms with E-state index in [9.17, 15) is 13.2 Å². The van der Waals surface area contributed by atoms with E-state index in [0.29, 0.717) is 15.2 Å². The number of benzene rings is 1. The lowest BCUT2D eigenvalue weighted by Crippen LogP contribution is -2.17. The van der Waals surface area contributed by atoms with Crippen LogP contribution in [0.3, 0.4) is 0 Å². The molecule has 2 aromatic heterocycles. The summed E-state index contributed by atoms with van der Waals surface area (Å²) in [6.07, 6.45) is 0. The number of rotatable bonds is 5. The number of sulfone groups is 1. The molecule has 0 unspecified atom stereocenters. The number of hydrogen-bond donors (Lipinski definition) is 1. The molecule has 1 aromatic carbocycles. The monoisotopic (exact) mass is 412 g/mol. The van der Waals surface area contributed by atoms with Gasteiger partial charge in [0.1, 0.15) is 0 Å². The van der Waals surface area contributed by atoms with Crippen molar-refractivity contribution in [3.8, 4) is 10.6 Å². The van der Waals surface area contributed by atoms with E-state index in [0.717, 1.165) is 4.88 Å². The minimum atomic E-state index is -3.49. The summed E-state index contributed by atoms with van der Waals surface area (Å²) in [5.41, 5.74) is 0.826. The lowest BCUT2D eigenvalue weighted by molar-refractivity contribution is 0.102. The van der Waals surface area contributed by atoms with Gasteiger partial charge >= 0.3 is 0 Å². The fourth-order valence-corrected chi connectivity index (χ4v) is 5.02. The lowest BCUT2D eigenvalue weighted by atomic mass is 10.2. The molecule has 130 valence electrons. The van der Waals surface area contributed by atoms with Gasteiger partial charge in [-0.15, -0.1) is 22.7 Å². The minimum Gasteiger partial charge on any atom is -0.298 e. The van der Waals surface area contributed by atoms with Crippen LogP contribution in [0, 0.1) is 0 Å². The Hall–Kier alpha value is -1.74. The van der Waals surface area contributed by atoms with Crippen LogP contribution in [0.4, 0.5) is 5.13 Å². The Kier molecular flexibility index (Phi) is 5.24. The van der Waals surface area contributed by atoms with Gasteiger partial charge in [-0.05, 0) is 24.3 Å². The molecule has 0 saturated heterocycles. The first-order chi connectivity index (χ1) is 11.9. The van der Waals surface area contributed by atoms with Crippen molar-refractivity contribution in [2.45, 2.75) is 11.8 Å². The molecule has 1 amide bonds. The van der Waals surface area contributed by atoms with Gasteiger partial charge in [0.15, 0.2) is 15.0 Å². The summed E-state index contributed by atoms with van der Waals surface area (Å²) in [5, 5.41) is 4.88. The zero-order chi connectivity index (χ0) is 18.0. The van der Waals surface area contributed by atoms with Crippen LogP contribution in [0.1, 0.15) is 17.3 Å². The number of hydrogen-bond acceptors (Lipinski definition) is 6. The first-order valence-corrected chi connectivity index (χ1v) is 11.0. The summed E-state index contributed by atoms with van der Waals surface area (Å²) in [4.78, 5) is 17.8. The van der Waals surface area contributed by atoms with Crippen molar-refractivity contribution in [2.24, 2.45) is 0 Å². The van der Waals surface area contributed by atoms with Crippen LogP contribution < -0.4 is 5.32 Å². The van der Waals surface area contributed by atoms with E-state index in [2.05, 4.69) is 10.3 Å². The number of aromatic nitrogens is 1. The summed E-state index contributed by atoms with van der Waals surface area (Å²) in [5.74, 6) is -0.574. The molecule has 5 nitrogen and oxygen atoms in total. The summed E-state index contributed by atoms with van der Waals surface area (Å²) < 4.78 is 25.0. The van der Waals surface area contributed by atoms with Gasteiger partial charge < -0.3 is 0 Å². The molecule has 0 aliphatic heterocycles. The largest absolute Gasteiger partial charge is 0.298 e. The van der Waals surface area contributed by atoms with Crippen molar-refractivity contribution in [1.29, 1.82) is 0 Å². The van der Waals surface area contributed by atoms with Crippen LogP contribution in [0.5, 0.6) is 0 Å². The van der Waals surface area contributed by atoms with Crippen LogP contribution in [0.25, 0.3) is 10.6 Å². The van der Waals surface area contributed by atoms with Gasteiger partial charge in [0.2, 0.25) is 0 Å². The van der Waals surface area contributed by atoms with Crippen molar-refractivity contribution in [3.63, 3.8) is 0 Å². The topological polar surface area (TPSA) is 76.1 Å². The molecule has 9 heteroatoms. The first kappa shape index (κ1) is 18.1. The smallest absolute Gasteiger partial charge is 0.258 e. The molecule has 3 rings (SSSR count). The molecule has 3 aromatic rings. The number of thiazole rings is 1. The summed E-state index contributed by atoms with van der Waals surface area (Å²) in [6, 6.07) is 9.80. The second kappa shape index (κ2) is 7.25. The quantitative estimate of drug-likeness (QED) is 0.665. The van der Waals surface area contributed by atoms with Crippen LogP contribution in [0.2, 0.25) is 4.34 Å². The number of amides is 1. The third-order valence-corrected chi connectivity index (χ3v) is 7.19. The molecular formula is C16H13ClN2O3S3. The second-order valence-corrected chi connectivity index (χ2v) is 9.82. The highest BCUT2D eigenvalue weighted by atomic mass is 35.5. The van der Waals surface area contributed by atoms with Gasteiger partial charge in [-0.3, -0.25) is 10.1 Å². The zero-order valence-electron chi connectivity index (χ0n) is 13.0. The van der Waals surface area contributed by atoms with Gasteiger partial charge in [-0.25, -0.2) is 13.4 Å². The summed E-state index contributed by atoms with van der Waals surface area (Å²) >= 11 is 8.59. The Morgan fingerprint density at radius 1 is 1.24 bits per heavy atom. The average molecular weight is 413 g/mol. The number of carbonyl (C=O) groups excluding carboxylic acids is 1. The van der Waals surface area contributed by atoms with E-state index in [1.807, 2.05) is 11.4 Å². The predicted octanol–water partition coefficient (Wildman–Crippen LogP) is 4.57. The van der Waals surface area contributed by atoms with Crippen molar-refractivity contribution < 1.29 is 13.2 Å². The third kappa shape index (κ3) is 3.92. The molecular weight excluding hydrogens is 400 g/mol. The Labute approximate surface area is 158 Å². The highest BCUT2D eigenvalue weighted by Gasteiger charge is 2.21. The molecule has 2 heterocycles. The van der Waals surface area contributed by atoms with E-state index < -0.39 is 15.7 Å². The minimum absolute atomic E-state index is 0.0248. The van der Waals surface area contributed by atoms with Gasteiger partial charge in [0.25, 0.3) is 5.91 Å². The fourth-order valence-electron chi connectivity index (χ4n) is 2.14. The van der Waals surface area contributed by atoms with Gasteiger partial charge in [-0.2, -0.15) is 0 Å². The SMILES string of the molecule is CCS(=O)(=O)c1ccccc1C(=O)Nc1nc(-c2ccc(Cl)s2)cs1. The Morgan fingerprint density at radius 3 is 2.68 bits per heavy atom. The van der Waals surface area contributed by atoms with E-state index in [-0.39, 0.29) is 16.2 Å². The number of thiophene rings is 1. The molecule has 25 heavy (non-hydrogen) atoms. The Bertz CT molecular complexity index is 1020. The number of anilines is 1. The molecule has 0 bridgehead atoms. The maximum absolute atomic E-state index is 12.5. The maximum atomic E-state index is 12.5. The average Bonchev–Trinajstić information content (AvgIpc) is 3.23. The molecule has 0 fully saturated rings. The second-order valence-electron chi connectivity index (χ2n) is 5.00. The zero-order valence-corrected chi connectivity index (χ0v) is 16.2. The number of nitrogens with zero attached hydrogens (tertiary/aromatic N) is 1. The molecule has 0 spiro atoms. The number of nitrogens with one attached hydrogen (secondary N) is 1. The molecule has 0 saturated carbocycles. The van der Waals surface area contributed by atoms with Crippen LogP contribution in [-0.2, 0) is 9.84 Å². The van der Waals surface area contributed by atoms with Gasteiger partial charge in [0, 0.05) is 5.38 Å². The van der Waals surface area contributed by atoms with Crippen LogP contribution in [-0.4, -0.2) is 25.1 Å². The van der Waals surface area contributed by atoms with Crippen LogP contribution in [0.15, 0.2) is 46.7 Å². The van der Waals surface area contributed by atoms with Crippen molar-refractivity contribution in [3.05, 3.63) is 51.7 Å². The lowest BCUT2D eigenvalue weighted by Gasteiger charge is -2.08. The molecule has 0 atom stereocenters. The van der Waals surface area contributed by atoms with Crippen LogP contribution >= 0.6 is 34.3 Å². The summed E-state index contributed by atoms with van der Waals surface area (Å²) in [6.45, 7) is 1.54. The maximum Gasteiger partial charge on any atom is 0.258 e. The van der Waals surface area contributed by atoms with E-state index >= 15 is 0 Å². The number of carbonyl (C=O) groups is 1.